The minimum atomic E-state index is 0.306. The second-order valence-corrected chi connectivity index (χ2v) is 5.73. The summed E-state index contributed by atoms with van der Waals surface area (Å²) in [4.78, 5) is 0. The molecular weight excluding hydrogens is 266 g/mol. The monoisotopic (exact) mass is 287 g/mol. The second-order valence-electron chi connectivity index (χ2n) is 5.32. The summed E-state index contributed by atoms with van der Waals surface area (Å²) in [7, 11) is 0. The first-order valence-electron chi connectivity index (χ1n) is 7.15. The molecule has 0 radical (unpaired) electrons. The molecule has 0 aliphatic carbocycles. The van der Waals surface area contributed by atoms with Gasteiger partial charge in [-0.2, -0.15) is 0 Å². The number of hydrogen-bond donors (Lipinski definition) is 1. The standard InChI is InChI=1S/C18H22ClN/c1-4-20-18(15-8-5-13(2)6-9-15)12-16-10-7-14(3)11-17(16)19/h5-11,18,20H,4,12H2,1-3H3. The van der Waals surface area contributed by atoms with E-state index in [1.807, 2.05) is 6.07 Å². The van der Waals surface area contributed by atoms with Crippen LogP contribution < -0.4 is 5.32 Å². The van der Waals surface area contributed by atoms with Gasteiger partial charge in [0.2, 0.25) is 0 Å². The maximum atomic E-state index is 6.36. The van der Waals surface area contributed by atoms with Crippen molar-refractivity contribution in [3.05, 3.63) is 69.7 Å². The minimum Gasteiger partial charge on any atom is -0.310 e. The Labute approximate surface area is 127 Å². The molecule has 0 bridgehead atoms. The van der Waals surface area contributed by atoms with Gasteiger partial charge in [0.1, 0.15) is 0 Å². The highest BCUT2D eigenvalue weighted by Gasteiger charge is 2.13. The fourth-order valence-corrected chi connectivity index (χ4v) is 2.70. The van der Waals surface area contributed by atoms with Crippen molar-refractivity contribution in [3.63, 3.8) is 0 Å². The lowest BCUT2D eigenvalue weighted by molar-refractivity contribution is 0.550. The summed E-state index contributed by atoms with van der Waals surface area (Å²) in [6, 6.07) is 15.3. The molecule has 0 aliphatic heterocycles. The molecule has 2 aromatic rings. The van der Waals surface area contributed by atoms with Crippen LogP contribution in [0.5, 0.6) is 0 Å². The van der Waals surface area contributed by atoms with Crippen LogP contribution in [0.15, 0.2) is 42.5 Å². The highest BCUT2D eigenvalue weighted by Crippen LogP contribution is 2.24. The van der Waals surface area contributed by atoms with Gasteiger partial charge in [0.25, 0.3) is 0 Å². The van der Waals surface area contributed by atoms with E-state index in [-0.39, 0.29) is 0 Å². The van der Waals surface area contributed by atoms with Crippen molar-refractivity contribution in [3.8, 4) is 0 Å². The molecule has 1 N–H and O–H groups in total. The Kier molecular flexibility index (Phi) is 5.22. The number of rotatable bonds is 5. The zero-order valence-electron chi connectivity index (χ0n) is 12.4. The van der Waals surface area contributed by atoms with Crippen LogP contribution in [-0.4, -0.2) is 6.54 Å². The highest BCUT2D eigenvalue weighted by molar-refractivity contribution is 6.31. The van der Waals surface area contributed by atoms with E-state index in [1.165, 1.54) is 22.3 Å². The predicted molar refractivity (Wildman–Crippen MR) is 87.5 cm³/mol. The summed E-state index contributed by atoms with van der Waals surface area (Å²) in [5.74, 6) is 0. The average Bonchev–Trinajstić information content (AvgIpc) is 2.42. The molecule has 0 fully saturated rings. The van der Waals surface area contributed by atoms with Gasteiger partial charge < -0.3 is 5.32 Å². The summed E-state index contributed by atoms with van der Waals surface area (Å²) < 4.78 is 0. The van der Waals surface area contributed by atoms with Crippen LogP contribution in [0.4, 0.5) is 0 Å². The van der Waals surface area contributed by atoms with E-state index >= 15 is 0 Å². The Hall–Kier alpha value is -1.31. The number of nitrogens with one attached hydrogen (secondary N) is 1. The van der Waals surface area contributed by atoms with E-state index in [4.69, 9.17) is 11.6 Å². The van der Waals surface area contributed by atoms with Crippen LogP contribution in [-0.2, 0) is 6.42 Å². The van der Waals surface area contributed by atoms with Gasteiger partial charge in [-0.3, -0.25) is 0 Å². The molecule has 1 nitrogen and oxygen atoms in total. The highest BCUT2D eigenvalue weighted by atomic mass is 35.5. The Balaban J connectivity index is 2.22. The van der Waals surface area contributed by atoms with Crippen molar-refractivity contribution in [2.75, 3.05) is 6.54 Å². The van der Waals surface area contributed by atoms with Gasteiger partial charge in [0, 0.05) is 11.1 Å². The average molecular weight is 288 g/mol. The lowest BCUT2D eigenvalue weighted by Gasteiger charge is -2.19. The molecule has 0 spiro atoms. The van der Waals surface area contributed by atoms with Crippen LogP contribution in [0.2, 0.25) is 5.02 Å². The van der Waals surface area contributed by atoms with Crippen LogP contribution in [0.3, 0.4) is 0 Å². The van der Waals surface area contributed by atoms with Gasteiger partial charge in [-0.05, 0) is 49.6 Å². The van der Waals surface area contributed by atoms with Gasteiger partial charge in [-0.25, -0.2) is 0 Å². The van der Waals surface area contributed by atoms with Crippen molar-refractivity contribution < 1.29 is 0 Å². The molecule has 0 heterocycles. The third-order valence-corrected chi connectivity index (χ3v) is 3.91. The zero-order chi connectivity index (χ0) is 14.5. The first kappa shape index (κ1) is 15.1. The minimum absolute atomic E-state index is 0.306. The Morgan fingerprint density at radius 1 is 1.00 bits per heavy atom. The molecule has 106 valence electrons. The first-order valence-corrected chi connectivity index (χ1v) is 7.53. The lowest BCUT2D eigenvalue weighted by atomic mass is 9.97. The summed E-state index contributed by atoms with van der Waals surface area (Å²) in [6.07, 6.45) is 0.913. The van der Waals surface area contributed by atoms with Crippen LogP contribution in [0, 0.1) is 13.8 Å². The molecule has 2 heteroatoms. The SMILES string of the molecule is CCNC(Cc1ccc(C)cc1Cl)c1ccc(C)cc1. The number of halogens is 1. The van der Waals surface area contributed by atoms with E-state index in [2.05, 4.69) is 62.5 Å². The third-order valence-electron chi connectivity index (χ3n) is 3.56. The lowest BCUT2D eigenvalue weighted by Crippen LogP contribution is -2.23. The fourth-order valence-electron chi connectivity index (χ4n) is 2.39. The number of likely N-dealkylation sites (N-methyl/N-ethyl adjacent to an activating group) is 1. The van der Waals surface area contributed by atoms with E-state index in [1.54, 1.807) is 0 Å². The van der Waals surface area contributed by atoms with Crippen LogP contribution >= 0.6 is 11.6 Å². The number of benzene rings is 2. The fraction of sp³-hybridized carbons (Fsp3) is 0.333. The Morgan fingerprint density at radius 3 is 2.25 bits per heavy atom. The molecular formula is C18H22ClN. The van der Waals surface area contributed by atoms with Crippen LogP contribution in [0.25, 0.3) is 0 Å². The topological polar surface area (TPSA) is 12.0 Å². The smallest absolute Gasteiger partial charge is 0.0441 e. The van der Waals surface area contributed by atoms with E-state index in [0.717, 1.165) is 18.0 Å². The Morgan fingerprint density at radius 2 is 1.65 bits per heavy atom. The van der Waals surface area contributed by atoms with Crippen molar-refractivity contribution in [1.82, 2.24) is 5.32 Å². The number of aryl methyl sites for hydroxylation is 2. The quantitative estimate of drug-likeness (QED) is 0.829. The normalized spacial score (nSPS) is 12.4. The van der Waals surface area contributed by atoms with Gasteiger partial charge in [-0.15, -0.1) is 0 Å². The molecule has 1 unspecified atom stereocenters. The van der Waals surface area contributed by atoms with Crippen molar-refractivity contribution in [1.29, 1.82) is 0 Å². The molecule has 0 saturated heterocycles. The zero-order valence-corrected chi connectivity index (χ0v) is 13.2. The molecule has 0 amide bonds. The summed E-state index contributed by atoms with van der Waals surface area (Å²) in [5.41, 5.74) is 5.00. The second kappa shape index (κ2) is 6.92. The first-order chi connectivity index (χ1) is 9.60. The van der Waals surface area contributed by atoms with E-state index in [9.17, 15) is 0 Å². The largest absolute Gasteiger partial charge is 0.310 e. The summed E-state index contributed by atoms with van der Waals surface area (Å²) >= 11 is 6.36. The van der Waals surface area contributed by atoms with Gasteiger partial charge in [0.15, 0.2) is 0 Å². The molecule has 2 rings (SSSR count). The van der Waals surface area contributed by atoms with E-state index in [0.29, 0.717) is 6.04 Å². The van der Waals surface area contributed by atoms with Crippen LogP contribution in [0.1, 0.15) is 35.2 Å². The van der Waals surface area contributed by atoms with E-state index < -0.39 is 0 Å². The van der Waals surface area contributed by atoms with Crippen molar-refractivity contribution in [2.24, 2.45) is 0 Å². The molecule has 0 aliphatic rings. The molecule has 0 aromatic heterocycles. The Bertz CT molecular complexity index is 560. The molecule has 20 heavy (non-hydrogen) atoms. The third kappa shape index (κ3) is 3.84. The molecule has 2 aromatic carbocycles. The summed E-state index contributed by atoms with van der Waals surface area (Å²) in [6.45, 7) is 7.26. The van der Waals surface area contributed by atoms with Gasteiger partial charge in [0.05, 0.1) is 0 Å². The van der Waals surface area contributed by atoms with Crippen molar-refractivity contribution >= 4 is 11.6 Å². The maximum Gasteiger partial charge on any atom is 0.0441 e. The maximum absolute atomic E-state index is 6.36. The van der Waals surface area contributed by atoms with Crippen molar-refractivity contribution in [2.45, 2.75) is 33.2 Å². The number of hydrogen-bond acceptors (Lipinski definition) is 1. The van der Waals surface area contributed by atoms with Gasteiger partial charge in [-0.1, -0.05) is 60.5 Å². The molecule has 1 atom stereocenters. The molecule has 0 saturated carbocycles. The predicted octanol–water partition coefficient (Wildman–Crippen LogP) is 4.85. The summed E-state index contributed by atoms with van der Waals surface area (Å²) in [5, 5.41) is 4.41. The van der Waals surface area contributed by atoms with Gasteiger partial charge >= 0.3 is 0 Å².